The molecule has 1 aromatic rings. The van der Waals surface area contributed by atoms with E-state index in [9.17, 15) is 13.2 Å². The van der Waals surface area contributed by atoms with Gasteiger partial charge in [0.15, 0.2) is 0 Å². The topological polar surface area (TPSA) is 120 Å². The fourth-order valence-corrected chi connectivity index (χ4v) is 3.18. The number of ether oxygens (including phenoxy) is 2. The van der Waals surface area contributed by atoms with Gasteiger partial charge in [-0.25, -0.2) is 17.9 Å². The Morgan fingerprint density at radius 3 is 2.44 bits per heavy atom. The van der Waals surface area contributed by atoms with Crippen LogP contribution in [0, 0.1) is 6.92 Å². The highest BCUT2D eigenvalue weighted by Gasteiger charge is 2.16. The Morgan fingerprint density at radius 2 is 1.84 bits per heavy atom. The highest BCUT2D eigenvalue weighted by Crippen LogP contribution is 2.17. The van der Waals surface area contributed by atoms with Crippen LogP contribution in [0.5, 0.6) is 0 Å². The fraction of sp³-hybridized carbons (Fsp3) is 0.562. The van der Waals surface area contributed by atoms with E-state index >= 15 is 0 Å². The lowest BCUT2D eigenvalue weighted by atomic mass is 10.2. The molecule has 0 spiro atoms. The fourth-order valence-electron chi connectivity index (χ4n) is 1.94. The van der Waals surface area contributed by atoms with E-state index in [4.69, 9.17) is 15.2 Å². The number of benzene rings is 1. The number of amides is 1. The van der Waals surface area contributed by atoms with Crippen molar-refractivity contribution in [1.82, 2.24) is 10.0 Å². The molecule has 0 heterocycles. The molecule has 1 amide bonds. The van der Waals surface area contributed by atoms with Crippen molar-refractivity contribution in [2.24, 2.45) is 0 Å². The van der Waals surface area contributed by atoms with E-state index in [1.54, 1.807) is 39.8 Å². The average molecular weight is 373 g/mol. The van der Waals surface area contributed by atoms with Crippen molar-refractivity contribution >= 4 is 21.8 Å². The summed E-state index contributed by atoms with van der Waals surface area (Å²) in [6.45, 7) is 7.85. The maximum Gasteiger partial charge on any atom is 0.407 e. The van der Waals surface area contributed by atoms with E-state index in [1.165, 1.54) is 6.07 Å². The third-order valence-corrected chi connectivity index (χ3v) is 4.56. The van der Waals surface area contributed by atoms with Crippen LogP contribution in [-0.2, 0) is 19.5 Å². The summed E-state index contributed by atoms with van der Waals surface area (Å²) >= 11 is 0. The Morgan fingerprint density at radius 1 is 1.20 bits per heavy atom. The van der Waals surface area contributed by atoms with Gasteiger partial charge >= 0.3 is 6.09 Å². The molecule has 0 saturated carbocycles. The molecule has 0 aliphatic heterocycles. The number of nitrogens with two attached hydrogens (primary N) is 1. The summed E-state index contributed by atoms with van der Waals surface area (Å²) in [5.74, 6) is 0. The van der Waals surface area contributed by atoms with E-state index in [0.29, 0.717) is 11.3 Å². The van der Waals surface area contributed by atoms with Gasteiger partial charge in [0.25, 0.3) is 0 Å². The maximum atomic E-state index is 12.2. The highest BCUT2D eigenvalue weighted by molar-refractivity contribution is 7.89. The first kappa shape index (κ1) is 21.2. The summed E-state index contributed by atoms with van der Waals surface area (Å²) in [5.41, 5.74) is 6.16. The molecule has 142 valence electrons. The van der Waals surface area contributed by atoms with Crippen molar-refractivity contribution in [2.45, 2.75) is 38.2 Å². The minimum absolute atomic E-state index is 0.124. The quantitative estimate of drug-likeness (QED) is 0.468. The van der Waals surface area contributed by atoms with E-state index in [1.807, 2.05) is 0 Å². The third kappa shape index (κ3) is 8.19. The smallest absolute Gasteiger partial charge is 0.407 e. The van der Waals surface area contributed by atoms with Gasteiger partial charge in [-0.3, -0.25) is 0 Å². The minimum atomic E-state index is -3.61. The lowest BCUT2D eigenvalue weighted by Gasteiger charge is -2.19. The molecule has 0 aromatic heterocycles. The average Bonchev–Trinajstić information content (AvgIpc) is 2.43. The van der Waals surface area contributed by atoms with Gasteiger partial charge in [-0.1, -0.05) is 0 Å². The number of sulfonamides is 1. The molecule has 25 heavy (non-hydrogen) atoms. The number of nitrogens with one attached hydrogen (secondary N) is 2. The van der Waals surface area contributed by atoms with Crippen LogP contribution < -0.4 is 15.8 Å². The molecule has 0 aliphatic carbocycles. The van der Waals surface area contributed by atoms with Crippen LogP contribution in [0.25, 0.3) is 0 Å². The van der Waals surface area contributed by atoms with Crippen molar-refractivity contribution in [2.75, 3.05) is 32.0 Å². The molecule has 1 aromatic carbocycles. The van der Waals surface area contributed by atoms with Crippen molar-refractivity contribution < 1.29 is 22.7 Å². The Bertz CT molecular complexity index is 684. The molecule has 0 aliphatic rings. The molecule has 0 fully saturated rings. The first-order chi connectivity index (χ1) is 11.5. The first-order valence-electron chi connectivity index (χ1n) is 7.92. The van der Waals surface area contributed by atoms with Crippen molar-refractivity contribution in [1.29, 1.82) is 0 Å². The largest absolute Gasteiger partial charge is 0.444 e. The predicted octanol–water partition coefficient (Wildman–Crippen LogP) is 1.40. The molecule has 9 heteroatoms. The predicted molar refractivity (Wildman–Crippen MR) is 95.8 cm³/mol. The van der Waals surface area contributed by atoms with E-state index in [-0.39, 0.29) is 31.2 Å². The minimum Gasteiger partial charge on any atom is -0.444 e. The second-order valence-electron chi connectivity index (χ2n) is 6.46. The lowest BCUT2D eigenvalue weighted by molar-refractivity contribution is 0.0501. The zero-order valence-corrected chi connectivity index (χ0v) is 15.9. The Balaban J connectivity index is 2.26. The second-order valence-corrected chi connectivity index (χ2v) is 8.20. The third-order valence-electron chi connectivity index (χ3n) is 2.94. The molecular formula is C16H27N3O5S. The van der Waals surface area contributed by atoms with Gasteiger partial charge in [-0.15, -0.1) is 0 Å². The van der Waals surface area contributed by atoms with Crippen LogP contribution in [0.2, 0.25) is 0 Å². The molecule has 0 atom stereocenters. The Kier molecular flexibility index (Phi) is 7.65. The summed E-state index contributed by atoms with van der Waals surface area (Å²) < 4.78 is 37.2. The van der Waals surface area contributed by atoms with Gasteiger partial charge < -0.3 is 20.5 Å². The number of carbonyl (C=O) groups excluding carboxylic acids is 1. The molecular weight excluding hydrogens is 346 g/mol. The molecule has 0 unspecified atom stereocenters. The Hall–Kier alpha value is -1.84. The number of nitrogen functional groups attached to an aromatic ring is 1. The van der Waals surface area contributed by atoms with E-state index in [2.05, 4.69) is 10.0 Å². The van der Waals surface area contributed by atoms with Gasteiger partial charge in [0.05, 0.1) is 18.1 Å². The monoisotopic (exact) mass is 373 g/mol. The number of hydrogen-bond acceptors (Lipinski definition) is 6. The van der Waals surface area contributed by atoms with Crippen LogP contribution in [0.1, 0.15) is 26.3 Å². The molecule has 4 N–H and O–H groups in total. The Labute approximate surface area is 149 Å². The van der Waals surface area contributed by atoms with E-state index in [0.717, 1.165) is 0 Å². The van der Waals surface area contributed by atoms with Crippen LogP contribution in [0.4, 0.5) is 10.5 Å². The SMILES string of the molecule is Cc1cc(N)ccc1S(=O)(=O)NCCOCCNC(=O)OC(C)(C)C. The molecule has 0 radical (unpaired) electrons. The number of anilines is 1. The van der Waals surface area contributed by atoms with Gasteiger partial charge in [0.1, 0.15) is 5.60 Å². The van der Waals surface area contributed by atoms with Crippen LogP contribution in [0.3, 0.4) is 0 Å². The zero-order chi connectivity index (χ0) is 19.1. The lowest BCUT2D eigenvalue weighted by Crippen LogP contribution is -2.34. The van der Waals surface area contributed by atoms with Crippen molar-refractivity contribution in [3.05, 3.63) is 23.8 Å². The second kappa shape index (κ2) is 9.02. The number of alkyl carbamates (subject to hydrolysis) is 1. The normalized spacial score (nSPS) is 12.0. The standard InChI is InChI=1S/C16H27N3O5S/c1-12-11-13(17)5-6-14(12)25(21,22)19-8-10-23-9-7-18-15(20)24-16(2,3)4/h5-6,11,19H,7-10,17H2,1-4H3,(H,18,20). The molecule has 8 nitrogen and oxygen atoms in total. The van der Waals surface area contributed by atoms with Gasteiger partial charge in [-0.2, -0.15) is 0 Å². The van der Waals surface area contributed by atoms with Gasteiger partial charge in [0.2, 0.25) is 10.0 Å². The molecule has 0 saturated heterocycles. The van der Waals surface area contributed by atoms with E-state index < -0.39 is 21.7 Å². The van der Waals surface area contributed by atoms with Crippen LogP contribution in [0.15, 0.2) is 23.1 Å². The van der Waals surface area contributed by atoms with Crippen LogP contribution in [-0.4, -0.2) is 46.4 Å². The number of carbonyl (C=O) groups is 1. The molecule has 0 bridgehead atoms. The molecule has 1 rings (SSSR count). The number of rotatable bonds is 8. The van der Waals surface area contributed by atoms with Crippen LogP contribution >= 0.6 is 0 Å². The number of hydrogen-bond donors (Lipinski definition) is 3. The highest BCUT2D eigenvalue weighted by atomic mass is 32.2. The first-order valence-corrected chi connectivity index (χ1v) is 9.40. The summed E-state index contributed by atoms with van der Waals surface area (Å²) in [7, 11) is -3.61. The summed E-state index contributed by atoms with van der Waals surface area (Å²) in [4.78, 5) is 11.6. The summed E-state index contributed by atoms with van der Waals surface area (Å²) in [6.07, 6.45) is -0.518. The van der Waals surface area contributed by atoms with Crippen molar-refractivity contribution in [3.8, 4) is 0 Å². The maximum absolute atomic E-state index is 12.2. The van der Waals surface area contributed by atoms with Gasteiger partial charge in [0, 0.05) is 18.8 Å². The summed E-state index contributed by atoms with van der Waals surface area (Å²) in [6, 6.07) is 4.62. The summed E-state index contributed by atoms with van der Waals surface area (Å²) in [5, 5.41) is 2.55. The van der Waals surface area contributed by atoms with Crippen molar-refractivity contribution in [3.63, 3.8) is 0 Å². The zero-order valence-electron chi connectivity index (χ0n) is 15.1. The number of aryl methyl sites for hydroxylation is 1. The van der Waals surface area contributed by atoms with Gasteiger partial charge in [-0.05, 0) is 51.5 Å².